The lowest BCUT2D eigenvalue weighted by atomic mass is 10.0. The maximum Gasteiger partial charge on any atom is 0.446 e. The molecule has 34 heavy (non-hydrogen) atoms. The molecule has 0 aliphatic carbocycles. The van der Waals surface area contributed by atoms with Crippen LogP contribution in [0.2, 0.25) is 0 Å². The zero-order chi connectivity index (χ0) is 24.5. The Morgan fingerprint density at radius 2 is 1.76 bits per heavy atom. The van der Waals surface area contributed by atoms with Gasteiger partial charge in [-0.15, -0.1) is 0 Å². The van der Waals surface area contributed by atoms with Gasteiger partial charge in [0.25, 0.3) is 5.91 Å². The van der Waals surface area contributed by atoms with E-state index in [1.807, 2.05) is 17.0 Å². The lowest BCUT2D eigenvalue weighted by Crippen LogP contribution is -2.42. The van der Waals surface area contributed by atoms with Gasteiger partial charge in [0.15, 0.2) is 0 Å². The number of benzene rings is 1. The fourth-order valence-corrected chi connectivity index (χ4v) is 4.16. The lowest BCUT2D eigenvalue weighted by molar-refractivity contribution is -0.123. The van der Waals surface area contributed by atoms with Crippen molar-refractivity contribution in [1.29, 1.82) is 0 Å². The highest BCUT2D eigenvalue weighted by Gasteiger charge is 2.48. The summed E-state index contributed by atoms with van der Waals surface area (Å²) in [6.45, 7) is 8.04. The molecule has 0 unspecified atom stereocenters. The molecule has 1 aromatic carbocycles. The number of thioether (sulfide) groups is 1. The van der Waals surface area contributed by atoms with Gasteiger partial charge in [0.1, 0.15) is 23.0 Å². The molecule has 0 bridgehead atoms. The normalized spacial score (nSPS) is 15.7. The molecule has 2 aromatic heterocycles. The summed E-state index contributed by atoms with van der Waals surface area (Å²) in [7, 11) is 0. The summed E-state index contributed by atoms with van der Waals surface area (Å²) >= 11 is -0.199. The molecule has 1 N–H and O–H groups in total. The zero-order valence-corrected chi connectivity index (χ0v) is 19.2. The summed E-state index contributed by atoms with van der Waals surface area (Å²) in [6, 6.07) is 9.35. The van der Waals surface area contributed by atoms with Crippen molar-refractivity contribution < 1.29 is 18.0 Å². The molecule has 0 spiro atoms. The minimum absolute atomic E-state index is 0.0459. The minimum atomic E-state index is -4.38. The summed E-state index contributed by atoms with van der Waals surface area (Å²) < 4.78 is 37.9. The van der Waals surface area contributed by atoms with E-state index in [0.717, 1.165) is 5.56 Å². The quantitative estimate of drug-likeness (QED) is 0.473. The number of nitrogens with zero attached hydrogens (tertiary/aromatic N) is 5. The number of rotatable bonds is 6. The summed E-state index contributed by atoms with van der Waals surface area (Å²) in [5.41, 5.74) is -3.96. The van der Waals surface area contributed by atoms with Crippen LogP contribution in [0.25, 0.3) is 0 Å². The van der Waals surface area contributed by atoms with Crippen LogP contribution in [-0.2, 0) is 11.3 Å². The highest BCUT2D eigenvalue weighted by molar-refractivity contribution is 8.00. The Balaban J connectivity index is 1.54. The van der Waals surface area contributed by atoms with E-state index >= 15 is 0 Å². The van der Waals surface area contributed by atoms with Crippen molar-refractivity contribution in [2.24, 2.45) is 0 Å². The monoisotopic (exact) mass is 486 g/mol. The first-order valence-corrected chi connectivity index (χ1v) is 11.0. The van der Waals surface area contributed by atoms with Gasteiger partial charge in [-0.25, -0.2) is 9.97 Å². The molecule has 1 aliphatic rings. The lowest BCUT2D eigenvalue weighted by Gasteiger charge is -2.30. The van der Waals surface area contributed by atoms with Crippen LogP contribution in [-0.4, -0.2) is 36.8 Å². The second-order valence-electron chi connectivity index (χ2n) is 8.01. The minimum Gasteiger partial charge on any atom is -0.340 e. The van der Waals surface area contributed by atoms with Gasteiger partial charge < -0.3 is 10.2 Å². The van der Waals surface area contributed by atoms with E-state index in [-0.39, 0.29) is 22.6 Å². The Hall–Kier alpha value is -3.60. The van der Waals surface area contributed by atoms with E-state index in [1.165, 1.54) is 29.2 Å². The number of nitrogens with one attached hydrogen (secondary N) is 1. The Morgan fingerprint density at radius 3 is 2.41 bits per heavy atom. The molecule has 1 fully saturated rings. The first kappa shape index (κ1) is 23.6. The van der Waals surface area contributed by atoms with Crippen molar-refractivity contribution >= 4 is 35.0 Å². The average molecular weight is 487 g/mol. The third-order valence-corrected chi connectivity index (χ3v) is 6.02. The number of amides is 1. The number of pyridine rings is 1. The van der Waals surface area contributed by atoms with Crippen molar-refractivity contribution in [2.75, 3.05) is 10.2 Å². The molecular weight excluding hydrogens is 465 g/mol. The zero-order valence-electron chi connectivity index (χ0n) is 18.4. The number of carbonyl (C=O) groups excluding carboxylic acids is 1. The van der Waals surface area contributed by atoms with Crippen LogP contribution in [0.3, 0.4) is 0 Å². The van der Waals surface area contributed by atoms with Gasteiger partial charge in [-0.2, -0.15) is 13.2 Å². The highest BCUT2D eigenvalue weighted by Crippen LogP contribution is 2.40. The van der Waals surface area contributed by atoms with Crippen molar-refractivity contribution in [1.82, 2.24) is 19.9 Å². The Morgan fingerprint density at radius 1 is 1.06 bits per heavy atom. The van der Waals surface area contributed by atoms with Crippen LogP contribution < -0.4 is 10.2 Å². The first-order valence-electron chi connectivity index (χ1n) is 10.2. The third kappa shape index (κ3) is 4.98. The molecule has 4 rings (SSSR count). The standard InChI is InChI=1S/C23H21F3N6OS/c1-15-31(14-16-8-9-28-19(12-16)30-20-13-27-10-11-29-20)22(2,3)21(33)32(15)17-4-6-18(7-5-17)34-23(24,25)26/h4-13H,1,14H2,2-3H3,(H,28,29,30). The van der Waals surface area contributed by atoms with Gasteiger partial charge in [-0.3, -0.25) is 14.7 Å². The number of anilines is 3. The largest absolute Gasteiger partial charge is 0.446 e. The smallest absolute Gasteiger partial charge is 0.340 e. The van der Waals surface area contributed by atoms with Gasteiger partial charge >= 0.3 is 5.51 Å². The molecule has 1 saturated heterocycles. The van der Waals surface area contributed by atoms with Gasteiger partial charge in [-0.05, 0) is 67.6 Å². The van der Waals surface area contributed by atoms with Crippen LogP contribution in [0.15, 0.2) is 78.5 Å². The highest BCUT2D eigenvalue weighted by atomic mass is 32.2. The predicted octanol–water partition coefficient (Wildman–Crippen LogP) is 5.33. The number of halogens is 3. The van der Waals surface area contributed by atoms with Crippen LogP contribution >= 0.6 is 11.8 Å². The van der Waals surface area contributed by atoms with E-state index < -0.39 is 11.0 Å². The summed E-state index contributed by atoms with van der Waals surface area (Å²) in [4.78, 5) is 29.1. The summed E-state index contributed by atoms with van der Waals surface area (Å²) in [6.07, 6.45) is 6.37. The van der Waals surface area contributed by atoms with Crippen molar-refractivity contribution in [2.45, 2.75) is 36.3 Å². The number of hydrogen-bond donors (Lipinski definition) is 1. The predicted molar refractivity (Wildman–Crippen MR) is 124 cm³/mol. The van der Waals surface area contributed by atoms with E-state index in [1.54, 1.807) is 38.6 Å². The molecule has 176 valence electrons. The summed E-state index contributed by atoms with van der Waals surface area (Å²) in [5.74, 6) is 1.33. The second kappa shape index (κ2) is 8.98. The molecule has 0 radical (unpaired) electrons. The number of carbonyl (C=O) groups is 1. The molecule has 0 atom stereocenters. The van der Waals surface area contributed by atoms with E-state index in [9.17, 15) is 18.0 Å². The van der Waals surface area contributed by atoms with Crippen LogP contribution in [0.5, 0.6) is 0 Å². The third-order valence-electron chi connectivity index (χ3n) is 5.28. The van der Waals surface area contributed by atoms with Crippen molar-refractivity contribution in [3.05, 3.63) is 79.1 Å². The van der Waals surface area contributed by atoms with E-state index in [0.29, 0.717) is 29.7 Å². The molecule has 3 heterocycles. The fourth-order valence-electron chi connectivity index (χ4n) is 3.62. The van der Waals surface area contributed by atoms with E-state index in [4.69, 9.17) is 0 Å². The van der Waals surface area contributed by atoms with Gasteiger partial charge in [-0.1, -0.05) is 6.58 Å². The molecular formula is C23H21F3N6OS. The topological polar surface area (TPSA) is 74.2 Å². The molecule has 0 saturated carbocycles. The number of alkyl halides is 3. The second-order valence-corrected chi connectivity index (χ2v) is 9.15. The first-order chi connectivity index (χ1) is 16.0. The molecule has 7 nitrogen and oxygen atoms in total. The molecule has 3 aromatic rings. The number of hydrogen-bond acceptors (Lipinski definition) is 7. The average Bonchev–Trinajstić information content (AvgIpc) is 2.94. The summed E-state index contributed by atoms with van der Waals surface area (Å²) in [5, 5.41) is 3.08. The maximum absolute atomic E-state index is 13.3. The Bertz CT molecular complexity index is 1200. The number of aromatic nitrogens is 3. The van der Waals surface area contributed by atoms with Gasteiger partial charge in [0.05, 0.1) is 11.9 Å². The molecule has 11 heteroatoms. The van der Waals surface area contributed by atoms with E-state index in [2.05, 4.69) is 26.8 Å². The fraction of sp³-hybridized carbons (Fsp3) is 0.217. The van der Waals surface area contributed by atoms with Crippen molar-refractivity contribution in [3.63, 3.8) is 0 Å². The maximum atomic E-state index is 13.3. The van der Waals surface area contributed by atoms with Crippen LogP contribution in [0.4, 0.5) is 30.5 Å². The van der Waals surface area contributed by atoms with Gasteiger partial charge in [0.2, 0.25) is 0 Å². The van der Waals surface area contributed by atoms with Gasteiger partial charge in [0, 0.05) is 30.0 Å². The van der Waals surface area contributed by atoms with Crippen LogP contribution in [0.1, 0.15) is 19.4 Å². The molecule has 1 amide bonds. The van der Waals surface area contributed by atoms with Crippen LogP contribution in [0, 0.1) is 0 Å². The Labute approximate surface area is 198 Å². The Kier molecular flexibility index (Phi) is 6.22. The molecule has 1 aliphatic heterocycles. The van der Waals surface area contributed by atoms with Crippen molar-refractivity contribution in [3.8, 4) is 0 Å². The SMILES string of the molecule is C=C1N(c2ccc(SC(F)(F)F)cc2)C(=O)C(C)(C)N1Cc1ccnc(Nc2cnccn2)c1.